The van der Waals surface area contributed by atoms with Crippen molar-refractivity contribution in [1.29, 1.82) is 0 Å². The number of aliphatic carboxylic acids is 1. The molecule has 0 saturated carbocycles. The molecule has 0 unspecified atom stereocenters. The van der Waals surface area contributed by atoms with E-state index in [4.69, 9.17) is 14.6 Å². The van der Waals surface area contributed by atoms with E-state index in [1.807, 2.05) is 4.90 Å². The van der Waals surface area contributed by atoms with E-state index in [-0.39, 0.29) is 22.0 Å². The van der Waals surface area contributed by atoms with Gasteiger partial charge in [-0.05, 0) is 48.5 Å². The Hall–Kier alpha value is -4.37. The van der Waals surface area contributed by atoms with Gasteiger partial charge in [0.15, 0.2) is 0 Å². The number of nitrogens with zero attached hydrogens (tertiary/aromatic N) is 2. The van der Waals surface area contributed by atoms with Crippen LogP contribution >= 0.6 is 0 Å². The highest BCUT2D eigenvalue weighted by Gasteiger charge is 2.38. The topological polar surface area (TPSA) is 136 Å². The van der Waals surface area contributed by atoms with Gasteiger partial charge in [0.05, 0.1) is 28.9 Å². The Labute approximate surface area is 238 Å². The van der Waals surface area contributed by atoms with Gasteiger partial charge in [-0.3, -0.25) is 9.62 Å². The largest absolute Gasteiger partial charge is 0.497 e. The zero-order chi connectivity index (χ0) is 31.1. The first-order chi connectivity index (χ1) is 19.7. The molecular weight excluding hydrogens is 586 g/mol. The number of rotatable bonds is 8. The summed E-state index contributed by atoms with van der Waals surface area (Å²) in [7, 11) is -2.49. The molecule has 0 amide bonds. The van der Waals surface area contributed by atoms with Crippen LogP contribution < -0.4 is 14.4 Å². The van der Waals surface area contributed by atoms with Gasteiger partial charge in [-0.15, -0.1) is 0 Å². The van der Waals surface area contributed by atoms with E-state index in [1.54, 1.807) is 24.3 Å². The van der Waals surface area contributed by atoms with Gasteiger partial charge < -0.3 is 19.8 Å². The van der Waals surface area contributed by atoms with E-state index in [9.17, 15) is 35.9 Å². The summed E-state index contributed by atoms with van der Waals surface area (Å²) in [6.45, 7) is 2.89. The number of alkyl halides is 3. The minimum Gasteiger partial charge on any atom is -0.497 e. The molecule has 3 aromatic rings. The average molecular weight is 614 g/mol. The molecule has 1 heterocycles. The smallest absolute Gasteiger partial charge is 0.490 e. The number of halogens is 4. The van der Waals surface area contributed by atoms with Crippen LogP contribution in [0, 0.1) is 5.82 Å². The maximum atomic E-state index is 14.0. The van der Waals surface area contributed by atoms with Gasteiger partial charge in [0.25, 0.3) is 10.0 Å². The fourth-order valence-corrected chi connectivity index (χ4v) is 5.06. The third-order valence-corrected chi connectivity index (χ3v) is 7.55. The average Bonchev–Trinajstić information content (AvgIpc) is 2.94. The molecule has 0 atom stereocenters. The number of anilines is 2. The Morgan fingerprint density at radius 2 is 1.55 bits per heavy atom. The predicted octanol–water partition coefficient (Wildman–Crippen LogP) is 4.29. The molecule has 0 aliphatic carbocycles. The van der Waals surface area contributed by atoms with Gasteiger partial charge in [-0.1, -0.05) is 18.2 Å². The lowest BCUT2D eigenvalue weighted by atomic mass is 10.1. The standard InChI is InChI=1S/C25H26FN3O5S.C2HF3O2/c1-34-20-7-9-21(10-8-20)35(32,33)27-23-16-18(25(30)31)6-11-24(23)29-14-12-28(13-15-29)17-19-4-2-3-5-22(19)26;3-2(4,5)1(6)7/h2-11,16,27H,12-15,17H2,1H3,(H,30,31);(H,6,7). The number of piperazine rings is 1. The second-order valence-corrected chi connectivity index (χ2v) is 10.7. The molecular formula is C27H27F4N3O7S. The first kappa shape index (κ1) is 32.1. The fourth-order valence-electron chi connectivity index (χ4n) is 4.00. The highest BCUT2D eigenvalue weighted by molar-refractivity contribution is 7.92. The Kier molecular flexibility index (Phi) is 10.4. The van der Waals surface area contributed by atoms with Gasteiger partial charge in [0, 0.05) is 38.3 Å². The van der Waals surface area contributed by atoms with Crippen molar-refractivity contribution < 1.29 is 50.5 Å². The molecule has 10 nitrogen and oxygen atoms in total. The first-order valence-corrected chi connectivity index (χ1v) is 13.7. The number of benzene rings is 3. The molecule has 0 aromatic heterocycles. The van der Waals surface area contributed by atoms with E-state index in [1.165, 1.54) is 49.6 Å². The minimum absolute atomic E-state index is 0.0275. The molecule has 3 aromatic carbocycles. The Balaban J connectivity index is 0.000000616. The van der Waals surface area contributed by atoms with Crippen molar-refractivity contribution in [1.82, 2.24) is 4.90 Å². The van der Waals surface area contributed by atoms with Crippen LogP contribution in [0.5, 0.6) is 5.75 Å². The van der Waals surface area contributed by atoms with Crippen molar-refractivity contribution in [3.8, 4) is 5.75 Å². The lowest BCUT2D eigenvalue weighted by molar-refractivity contribution is -0.192. The summed E-state index contributed by atoms with van der Waals surface area (Å²) in [6.07, 6.45) is -5.08. The van der Waals surface area contributed by atoms with E-state index < -0.39 is 28.1 Å². The second-order valence-electron chi connectivity index (χ2n) is 8.98. The minimum atomic E-state index is -5.08. The summed E-state index contributed by atoms with van der Waals surface area (Å²) in [6, 6.07) is 17.0. The van der Waals surface area contributed by atoms with Crippen LogP contribution in [0.15, 0.2) is 71.6 Å². The normalized spacial score (nSPS) is 14.0. The summed E-state index contributed by atoms with van der Waals surface area (Å²) in [4.78, 5) is 24.6. The van der Waals surface area contributed by atoms with Crippen molar-refractivity contribution in [2.24, 2.45) is 0 Å². The number of nitrogens with one attached hydrogen (secondary N) is 1. The van der Waals surface area contributed by atoms with Gasteiger partial charge in [0.1, 0.15) is 11.6 Å². The molecule has 1 aliphatic rings. The van der Waals surface area contributed by atoms with Crippen LogP contribution in [0.2, 0.25) is 0 Å². The molecule has 0 bridgehead atoms. The van der Waals surface area contributed by atoms with Crippen LogP contribution in [0.3, 0.4) is 0 Å². The summed E-state index contributed by atoms with van der Waals surface area (Å²) in [5.41, 5.74) is 1.36. The quantitative estimate of drug-likeness (QED) is 0.318. The molecule has 42 heavy (non-hydrogen) atoms. The van der Waals surface area contributed by atoms with Crippen molar-refractivity contribution in [3.05, 3.63) is 83.7 Å². The van der Waals surface area contributed by atoms with E-state index in [0.29, 0.717) is 49.7 Å². The van der Waals surface area contributed by atoms with Crippen LogP contribution in [-0.2, 0) is 21.4 Å². The van der Waals surface area contributed by atoms with Crippen molar-refractivity contribution in [2.45, 2.75) is 17.6 Å². The fraction of sp³-hybridized carbons (Fsp3) is 0.259. The van der Waals surface area contributed by atoms with Crippen LogP contribution in [-0.4, -0.2) is 74.9 Å². The molecule has 4 rings (SSSR count). The number of carbonyl (C=O) groups is 2. The maximum Gasteiger partial charge on any atom is 0.490 e. The van der Waals surface area contributed by atoms with E-state index in [0.717, 1.165) is 0 Å². The molecule has 1 fully saturated rings. The summed E-state index contributed by atoms with van der Waals surface area (Å²) >= 11 is 0. The van der Waals surface area contributed by atoms with Gasteiger partial charge in [0.2, 0.25) is 0 Å². The number of carboxylic acids is 2. The van der Waals surface area contributed by atoms with Gasteiger partial charge >= 0.3 is 18.1 Å². The van der Waals surface area contributed by atoms with Crippen LogP contribution in [0.4, 0.5) is 28.9 Å². The monoisotopic (exact) mass is 613 g/mol. The lowest BCUT2D eigenvalue weighted by Crippen LogP contribution is -2.46. The first-order valence-electron chi connectivity index (χ1n) is 12.3. The van der Waals surface area contributed by atoms with Crippen LogP contribution in [0.1, 0.15) is 15.9 Å². The third kappa shape index (κ3) is 8.57. The SMILES string of the molecule is COc1ccc(S(=O)(=O)Nc2cc(C(=O)O)ccc2N2CCN(Cc3ccccc3F)CC2)cc1.O=C(O)C(F)(F)F. The molecule has 0 radical (unpaired) electrons. The number of aromatic carboxylic acids is 1. The summed E-state index contributed by atoms with van der Waals surface area (Å²) in [5.74, 6) is -3.64. The molecule has 3 N–H and O–H groups in total. The molecule has 1 saturated heterocycles. The highest BCUT2D eigenvalue weighted by atomic mass is 32.2. The van der Waals surface area contributed by atoms with E-state index >= 15 is 0 Å². The number of hydrogen-bond donors (Lipinski definition) is 3. The predicted molar refractivity (Wildman–Crippen MR) is 145 cm³/mol. The van der Waals surface area contributed by atoms with Crippen molar-refractivity contribution in [3.63, 3.8) is 0 Å². The third-order valence-electron chi connectivity index (χ3n) is 6.16. The van der Waals surface area contributed by atoms with E-state index in [2.05, 4.69) is 9.62 Å². The number of carboxylic acid groups (broad SMARTS) is 2. The molecule has 15 heteroatoms. The molecule has 0 spiro atoms. The van der Waals surface area contributed by atoms with Crippen molar-refractivity contribution >= 4 is 33.3 Å². The summed E-state index contributed by atoms with van der Waals surface area (Å²) < 4.78 is 79.5. The number of sulfonamides is 1. The lowest BCUT2D eigenvalue weighted by Gasteiger charge is -2.37. The Morgan fingerprint density at radius 3 is 2.07 bits per heavy atom. The van der Waals surface area contributed by atoms with Gasteiger partial charge in [-0.25, -0.2) is 22.4 Å². The number of ether oxygens (including phenoxy) is 1. The number of methoxy groups -OCH3 is 1. The highest BCUT2D eigenvalue weighted by Crippen LogP contribution is 2.31. The van der Waals surface area contributed by atoms with Crippen LogP contribution in [0.25, 0.3) is 0 Å². The Morgan fingerprint density at radius 1 is 0.952 bits per heavy atom. The second kappa shape index (κ2) is 13.5. The zero-order valence-electron chi connectivity index (χ0n) is 22.1. The Bertz CT molecular complexity index is 1510. The summed E-state index contributed by atoms with van der Waals surface area (Å²) in [5, 5.41) is 16.6. The van der Waals surface area contributed by atoms with Crippen molar-refractivity contribution in [2.75, 3.05) is 42.9 Å². The molecule has 226 valence electrons. The molecule has 1 aliphatic heterocycles. The van der Waals surface area contributed by atoms with Gasteiger partial charge in [-0.2, -0.15) is 13.2 Å². The number of hydrogen-bond acceptors (Lipinski definition) is 7. The zero-order valence-corrected chi connectivity index (χ0v) is 23.0. The maximum absolute atomic E-state index is 14.0.